The summed E-state index contributed by atoms with van der Waals surface area (Å²) >= 11 is 1.38. The van der Waals surface area contributed by atoms with Gasteiger partial charge in [0.2, 0.25) is 0 Å². The van der Waals surface area contributed by atoms with Gasteiger partial charge in [-0.05, 0) is 42.2 Å². The molecule has 4 nitrogen and oxygen atoms in total. The molecule has 0 spiro atoms. The highest BCUT2D eigenvalue weighted by molar-refractivity contribution is 7.14. The van der Waals surface area contributed by atoms with Gasteiger partial charge in [0.15, 0.2) is 0 Å². The Labute approximate surface area is 128 Å². The van der Waals surface area contributed by atoms with E-state index in [1.54, 1.807) is 6.07 Å². The lowest BCUT2D eigenvalue weighted by Gasteiger charge is -2.12. The van der Waals surface area contributed by atoms with Crippen LogP contribution < -0.4 is 16.0 Å². The van der Waals surface area contributed by atoms with E-state index < -0.39 is 0 Å². The number of thiophene rings is 1. The number of hydrogen-bond donors (Lipinski definition) is 2. The fourth-order valence-corrected chi connectivity index (χ4v) is 2.75. The van der Waals surface area contributed by atoms with Crippen LogP contribution in [0.15, 0.2) is 30.3 Å². The van der Waals surface area contributed by atoms with Crippen LogP contribution in [0.25, 0.3) is 0 Å². The van der Waals surface area contributed by atoms with E-state index >= 15 is 0 Å². The minimum absolute atomic E-state index is 0.274. The summed E-state index contributed by atoms with van der Waals surface area (Å²) in [6.45, 7) is 6.79. The highest BCUT2D eigenvalue weighted by atomic mass is 32.1. The molecule has 0 unspecified atom stereocenters. The Morgan fingerprint density at radius 1 is 1.33 bits per heavy atom. The van der Waals surface area contributed by atoms with Crippen molar-refractivity contribution >= 4 is 17.2 Å². The summed E-state index contributed by atoms with van der Waals surface area (Å²) in [5, 5.41) is 0. The first kappa shape index (κ1) is 15.5. The number of amides is 1. The number of ether oxygens (including phenoxy) is 1. The Bertz CT molecular complexity index is 635. The van der Waals surface area contributed by atoms with Crippen molar-refractivity contribution in [2.24, 2.45) is 5.84 Å². The molecule has 2 aromatic rings. The van der Waals surface area contributed by atoms with Crippen molar-refractivity contribution in [1.29, 1.82) is 0 Å². The van der Waals surface area contributed by atoms with Gasteiger partial charge in [-0.3, -0.25) is 10.2 Å². The van der Waals surface area contributed by atoms with Crippen molar-refractivity contribution in [3.63, 3.8) is 0 Å². The van der Waals surface area contributed by atoms with E-state index in [1.807, 2.05) is 13.0 Å². The van der Waals surface area contributed by atoms with Crippen molar-refractivity contribution in [2.75, 3.05) is 0 Å². The second kappa shape index (κ2) is 6.74. The quantitative estimate of drug-likeness (QED) is 0.506. The lowest BCUT2D eigenvalue weighted by molar-refractivity contribution is 0.0957. The standard InChI is InChI=1S/C16H20N2O2S/c1-10(2)12-5-4-11(3)14(8-12)20-9-13-6-7-15(21-13)16(19)18-17/h4-8,10H,9,17H2,1-3H3,(H,18,19). The molecule has 0 aliphatic carbocycles. The Hall–Kier alpha value is -1.85. The molecular weight excluding hydrogens is 284 g/mol. The second-order valence-electron chi connectivity index (χ2n) is 5.21. The van der Waals surface area contributed by atoms with E-state index in [4.69, 9.17) is 10.6 Å². The van der Waals surface area contributed by atoms with Crippen LogP contribution in [-0.2, 0) is 6.61 Å². The first-order valence-electron chi connectivity index (χ1n) is 6.84. The van der Waals surface area contributed by atoms with Crippen LogP contribution in [0.4, 0.5) is 0 Å². The SMILES string of the molecule is Cc1ccc(C(C)C)cc1OCc1ccc(C(=O)NN)s1. The summed E-state index contributed by atoms with van der Waals surface area (Å²) in [7, 11) is 0. The smallest absolute Gasteiger partial charge is 0.275 e. The first-order chi connectivity index (χ1) is 10.0. The maximum atomic E-state index is 11.4. The fourth-order valence-electron chi connectivity index (χ4n) is 1.93. The van der Waals surface area contributed by atoms with Crippen molar-refractivity contribution in [2.45, 2.75) is 33.3 Å². The van der Waals surface area contributed by atoms with Gasteiger partial charge in [0.1, 0.15) is 12.4 Å². The Balaban J connectivity index is 2.07. The number of carbonyl (C=O) groups is 1. The van der Waals surface area contributed by atoms with Crippen molar-refractivity contribution < 1.29 is 9.53 Å². The molecule has 1 aromatic heterocycles. The van der Waals surface area contributed by atoms with E-state index in [9.17, 15) is 4.79 Å². The molecule has 0 aliphatic rings. The third-order valence-corrected chi connectivity index (χ3v) is 4.32. The third kappa shape index (κ3) is 3.83. The van der Waals surface area contributed by atoms with E-state index in [1.165, 1.54) is 16.9 Å². The van der Waals surface area contributed by atoms with Crippen LogP contribution in [0.5, 0.6) is 5.75 Å². The van der Waals surface area contributed by atoms with Crippen LogP contribution in [0, 0.1) is 6.92 Å². The number of aryl methyl sites for hydroxylation is 1. The number of nitrogen functional groups attached to an aromatic ring is 1. The van der Waals surface area contributed by atoms with Gasteiger partial charge in [-0.2, -0.15) is 0 Å². The van der Waals surface area contributed by atoms with Crippen LogP contribution in [0.2, 0.25) is 0 Å². The molecule has 21 heavy (non-hydrogen) atoms. The molecule has 0 saturated heterocycles. The average Bonchev–Trinajstić information content (AvgIpc) is 2.94. The number of nitrogens with one attached hydrogen (secondary N) is 1. The Kier molecular flexibility index (Phi) is 4.98. The molecular formula is C16H20N2O2S. The van der Waals surface area contributed by atoms with Gasteiger partial charge in [-0.1, -0.05) is 26.0 Å². The maximum absolute atomic E-state index is 11.4. The monoisotopic (exact) mass is 304 g/mol. The van der Waals surface area contributed by atoms with E-state index in [0.29, 0.717) is 17.4 Å². The molecule has 1 heterocycles. The number of hydrazine groups is 1. The summed E-state index contributed by atoms with van der Waals surface area (Å²) in [4.78, 5) is 13.0. The van der Waals surface area contributed by atoms with Crippen LogP contribution >= 0.6 is 11.3 Å². The molecule has 2 rings (SSSR count). The lowest BCUT2D eigenvalue weighted by Crippen LogP contribution is -2.29. The Morgan fingerprint density at radius 2 is 2.10 bits per heavy atom. The zero-order valence-corrected chi connectivity index (χ0v) is 13.3. The highest BCUT2D eigenvalue weighted by Crippen LogP contribution is 2.26. The predicted octanol–water partition coefficient (Wildman–Crippen LogP) is 3.36. The molecule has 3 N–H and O–H groups in total. The normalized spacial score (nSPS) is 10.7. The van der Waals surface area contributed by atoms with Gasteiger partial charge in [0.05, 0.1) is 4.88 Å². The Morgan fingerprint density at radius 3 is 2.76 bits per heavy atom. The van der Waals surface area contributed by atoms with Gasteiger partial charge in [0, 0.05) is 4.88 Å². The van der Waals surface area contributed by atoms with Gasteiger partial charge < -0.3 is 4.74 Å². The first-order valence-corrected chi connectivity index (χ1v) is 7.66. The van der Waals surface area contributed by atoms with E-state index in [0.717, 1.165) is 16.2 Å². The van der Waals surface area contributed by atoms with Gasteiger partial charge in [-0.25, -0.2) is 5.84 Å². The van der Waals surface area contributed by atoms with Crippen molar-refractivity contribution in [1.82, 2.24) is 5.43 Å². The van der Waals surface area contributed by atoms with Gasteiger partial charge in [-0.15, -0.1) is 11.3 Å². The molecule has 5 heteroatoms. The summed E-state index contributed by atoms with van der Waals surface area (Å²) < 4.78 is 5.89. The number of rotatable bonds is 5. The summed E-state index contributed by atoms with van der Waals surface area (Å²) in [5.41, 5.74) is 4.49. The number of carbonyl (C=O) groups excluding carboxylic acids is 1. The lowest BCUT2D eigenvalue weighted by atomic mass is 10.0. The van der Waals surface area contributed by atoms with Crippen molar-refractivity contribution in [3.05, 3.63) is 51.2 Å². The molecule has 0 fully saturated rings. The fraction of sp³-hybridized carbons (Fsp3) is 0.312. The molecule has 0 radical (unpaired) electrons. The second-order valence-corrected chi connectivity index (χ2v) is 6.38. The zero-order chi connectivity index (χ0) is 15.4. The highest BCUT2D eigenvalue weighted by Gasteiger charge is 2.09. The topological polar surface area (TPSA) is 64.3 Å². The third-order valence-electron chi connectivity index (χ3n) is 3.27. The number of benzene rings is 1. The predicted molar refractivity (Wildman–Crippen MR) is 85.6 cm³/mol. The van der Waals surface area contributed by atoms with E-state index in [-0.39, 0.29) is 5.91 Å². The molecule has 0 bridgehead atoms. The number of hydrogen-bond acceptors (Lipinski definition) is 4. The summed E-state index contributed by atoms with van der Waals surface area (Å²) in [6, 6.07) is 9.93. The van der Waals surface area contributed by atoms with Crippen LogP contribution in [-0.4, -0.2) is 5.91 Å². The van der Waals surface area contributed by atoms with Crippen molar-refractivity contribution in [3.8, 4) is 5.75 Å². The number of nitrogens with two attached hydrogens (primary N) is 1. The summed E-state index contributed by atoms with van der Waals surface area (Å²) in [6.07, 6.45) is 0. The maximum Gasteiger partial charge on any atom is 0.275 e. The summed E-state index contributed by atoms with van der Waals surface area (Å²) in [5.74, 6) is 6.20. The average molecular weight is 304 g/mol. The zero-order valence-electron chi connectivity index (χ0n) is 12.5. The molecule has 1 aromatic carbocycles. The molecule has 0 atom stereocenters. The molecule has 0 aliphatic heterocycles. The molecule has 1 amide bonds. The van der Waals surface area contributed by atoms with Gasteiger partial charge in [0.25, 0.3) is 5.91 Å². The van der Waals surface area contributed by atoms with Crippen LogP contribution in [0.3, 0.4) is 0 Å². The largest absolute Gasteiger partial charge is 0.488 e. The van der Waals surface area contributed by atoms with E-state index in [2.05, 4.69) is 37.5 Å². The minimum Gasteiger partial charge on any atom is -0.488 e. The molecule has 112 valence electrons. The molecule has 0 saturated carbocycles. The van der Waals surface area contributed by atoms with Crippen LogP contribution in [0.1, 0.15) is 45.4 Å². The minimum atomic E-state index is -0.274. The van der Waals surface area contributed by atoms with Gasteiger partial charge >= 0.3 is 0 Å².